The summed E-state index contributed by atoms with van der Waals surface area (Å²) in [6, 6.07) is 4.15. The third kappa shape index (κ3) is 2.98. The van der Waals surface area contributed by atoms with E-state index in [9.17, 15) is 0 Å². The molecule has 82 valence electrons. The van der Waals surface area contributed by atoms with E-state index in [1.54, 1.807) is 22.7 Å². The molecule has 0 aromatic carbocycles. The van der Waals surface area contributed by atoms with Gasteiger partial charge in [0.2, 0.25) is 0 Å². The zero-order chi connectivity index (χ0) is 11.2. The van der Waals surface area contributed by atoms with Crippen molar-refractivity contribution in [3.63, 3.8) is 0 Å². The number of aromatic nitrogens is 2. The van der Waals surface area contributed by atoms with Crippen LogP contribution in [-0.2, 0) is 6.42 Å². The molecule has 0 saturated heterocycles. The summed E-state index contributed by atoms with van der Waals surface area (Å²) in [4.78, 5) is 1.05. The molecule has 0 spiro atoms. The molecular formula is C11H10N2S3. The van der Waals surface area contributed by atoms with Crippen molar-refractivity contribution in [1.29, 1.82) is 0 Å². The van der Waals surface area contributed by atoms with Crippen molar-refractivity contribution in [2.24, 2.45) is 0 Å². The fourth-order valence-corrected chi connectivity index (χ4v) is 3.25. The summed E-state index contributed by atoms with van der Waals surface area (Å²) in [5.41, 5.74) is 1.37. The monoisotopic (exact) mass is 266 g/mol. The maximum Gasteiger partial charge on any atom is 0.158 e. The highest BCUT2D eigenvalue weighted by atomic mass is 32.1. The van der Waals surface area contributed by atoms with Crippen LogP contribution in [0.15, 0.2) is 40.9 Å². The van der Waals surface area contributed by atoms with Gasteiger partial charge in [-0.1, -0.05) is 10.6 Å². The van der Waals surface area contributed by atoms with Crippen molar-refractivity contribution < 1.29 is 0 Å². The molecule has 0 atom stereocenters. The molecule has 16 heavy (non-hydrogen) atoms. The number of fused-ring (bicyclic) bond motifs is 1. The van der Waals surface area contributed by atoms with Crippen LogP contribution in [0.3, 0.4) is 0 Å². The highest BCUT2D eigenvalue weighted by Gasteiger charge is 1.94. The van der Waals surface area contributed by atoms with E-state index >= 15 is 0 Å². The first-order valence-electron chi connectivity index (χ1n) is 4.67. The van der Waals surface area contributed by atoms with E-state index in [0.717, 1.165) is 11.3 Å². The van der Waals surface area contributed by atoms with Crippen LogP contribution in [0.4, 0.5) is 0 Å². The zero-order valence-electron chi connectivity index (χ0n) is 8.50. The van der Waals surface area contributed by atoms with E-state index in [0.29, 0.717) is 0 Å². The molecule has 2 nitrogen and oxygen atoms in total. The second-order valence-corrected chi connectivity index (χ2v) is 5.45. The first-order valence-corrected chi connectivity index (χ1v) is 7.27. The predicted molar refractivity (Wildman–Crippen MR) is 73.5 cm³/mol. The number of rotatable bonds is 2. The van der Waals surface area contributed by atoms with Crippen LogP contribution in [0, 0.1) is 0 Å². The molecule has 0 aliphatic heterocycles. The second kappa shape index (κ2) is 5.89. The smallest absolute Gasteiger partial charge is 0.152 e. The Morgan fingerprint density at radius 1 is 1.31 bits per heavy atom. The summed E-state index contributed by atoms with van der Waals surface area (Å²) in [5, 5.41) is 10.1. The molecule has 0 radical (unpaired) electrons. The Morgan fingerprint density at radius 2 is 2.25 bits per heavy atom. The Bertz CT molecular complexity index is 485. The Labute approximate surface area is 106 Å². The molecule has 3 aromatic heterocycles. The van der Waals surface area contributed by atoms with Crippen LogP contribution in [0.5, 0.6) is 0 Å². The normalized spacial score (nSPS) is 9.75. The fraction of sp³-hybridized carbons (Fsp3) is 0.0909. The molecule has 3 aromatic rings. The van der Waals surface area contributed by atoms with Crippen molar-refractivity contribution in [2.45, 2.75) is 6.42 Å². The zero-order valence-corrected chi connectivity index (χ0v) is 10.9. The SMILES string of the molecule is C=CCc1ccsc1.c1cc2snnc2s1. The summed E-state index contributed by atoms with van der Waals surface area (Å²) in [5.74, 6) is 0. The fourth-order valence-electron chi connectivity index (χ4n) is 1.11. The van der Waals surface area contributed by atoms with E-state index in [-0.39, 0.29) is 0 Å². The number of nitrogens with zero attached hydrogens (tertiary/aromatic N) is 2. The van der Waals surface area contributed by atoms with Crippen LogP contribution in [-0.4, -0.2) is 9.59 Å². The van der Waals surface area contributed by atoms with Crippen molar-refractivity contribution in [1.82, 2.24) is 9.59 Å². The van der Waals surface area contributed by atoms with E-state index in [2.05, 4.69) is 33.0 Å². The van der Waals surface area contributed by atoms with Crippen molar-refractivity contribution >= 4 is 43.7 Å². The third-order valence-corrected chi connectivity index (χ3v) is 4.19. The molecule has 0 N–H and O–H groups in total. The minimum atomic E-state index is 1.00. The molecule has 0 aliphatic carbocycles. The average molecular weight is 266 g/mol. The van der Waals surface area contributed by atoms with Crippen molar-refractivity contribution in [2.75, 3.05) is 0 Å². The van der Waals surface area contributed by atoms with E-state index in [1.807, 2.05) is 17.5 Å². The van der Waals surface area contributed by atoms with Crippen molar-refractivity contribution in [3.05, 3.63) is 46.5 Å². The number of thiophene rings is 2. The lowest BCUT2D eigenvalue weighted by atomic mass is 10.2. The van der Waals surface area contributed by atoms with E-state index in [1.165, 1.54) is 21.8 Å². The van der Waals surface area contributed by atoms with Crippen LogP contribution in [0.25, 0.3) is 9.53 Å². The standard InChI is InChI=1S/C7H8S.C4H2N2S2/c1-2-3-7-4-5-8-6-7;1-2-7-4-3(1)8-6-5-4/h2,4-6H,1,3H2;1-2H. The number of hydrogen-bond acceptors (Lipinski definition) is 5. The van der Waals surface area contributed by atoms with E-state index in [4.69, 9.17) is 0 Å². The summed E-state index contributed by atoms with van der Waals surface area (Å²) >= 11 is 4.81. The van der Waals surface area contributed by atoms with Gasteiger partial charge < -0.3 is 0 Å². The molecule has 0 saturated carbocycles. The summed E-state index contributed by atoms with van der Waals surface area (Å²) in [7, 11) is 0. The average Bonchev–Trinajstić information content (AvgIpc) is 2.95. The van der Waals surface area contributed by atoms with Crippen LogP contribution in [0.1, 0.15) is 5.56 Å². The molecule has 5 heteroatoms. The molecule has 0 fully saturated rings. The van der Waals surface area contributed by atoms with Gasteiger partial charge in [0.05, 0.1) is 4.70 Å². The molecule has 0 unspecified atom stereocenters. The largest absolute Gasteiger partial charge is 0.158 e. The Kier molecular flexibility index (Phi) is 4.21. The van der Waals surface area contributed by atoms with Crippen LogP contribution < -0.4 is 0 Å². The van der Waals surface area contributed by atoms with Gasteiger partial charge in [0.15, 0.2) is 4.83 Å². The minimum absolute atomic E-state index is 1.00. The van der Waals surface area contributed by atoms with Gasteiger partial charge in [-0.2, -0.15) is 11.3 Å². The Hall–Kier alpha value is -1.04. The van der Waals surface area contributed by atoms with Gasteiger partial charge in [-0.3, -0.25) is 0 Å². The maximum atomic E-state index is 3.87. The van der Waals surface area contributed by atoms with Crippen LogP contribution >= 0.6 is 34.2 Å². The molecule has 0 aliphatic rings. The number of hydrogen-bond donors (Lipinski definition) is 0. The summed E-state index contributed by atoms with van der Waals surface area (Å²) < 4.78 is 4.95. The van der Waals surface area contributed by atoms with Crippen molar-refractivity contribution in [3.8, 4) is 0 Å². The van der Waals surface area contributed by atoms with Crippen LogP contribution in [0.2, 0.25) is 0 Å². The van der Waals surface area contributed by atoms with Gasteiger partial charge in [0.1, 0.15) is 0 Å². The van der Waals surface area contributed by atoms with E-state index < -0.39 is 0 Å². The first-order chi connectivity index (χ1) is 7.90. The number of allylic oxidation sites excluding steroid dienone is 1. The first kappa shape index (κ1) is 11.4. The van der Waals surface area contributed by atoms with Gasteiger partial charge in [0.25, 0.3) is 0 Å². The summed E-state index contributed by atoms with van der Waals surface area (Å²) in [6.07, 6.45) is 2.92. The summed E-state index contributed by atoms with van der Waals surface area (Å²) in [6.45, 7) is 3.64. The van der Waals surface area contributed by atoms with Gasteiger partial charge in [-0.15, -0.1) is 23.0 Å². The Balaban J connectivity index is 0.000000120. The van der Waals surface area contributed by atoms with Gasteiger partial charge in [-0.05, 0) is 51.8 Å². The Morgan fingerprint density at radius 3 is 2.94 bits per heavy atom. The third-order valence-electron chi connectivity index (χ3n) is 1.84. The topological polar surface area (TPSA) is 25.8 Å². The minimum Gasteiger partial charge on any atom is -0.152 e. The maximum absolute atomic E-state index is 3.87. The second-order valence-electron chi connectivity index (χ2n) is 2.99. The molecular weight excluding hydrogens is 256 g/mol. The lowest BCUT2D eigenvalue weighted by Crippen LogP contribution is -1.69. The lowest BCUT2D eigenvalue weighted by molar-refractivity contribution is 1.21. The highest BCUT2D eigenvalue weighted by Crippen LogP contribution is 2.19. The highest BCUT2D eigenvalue weighted by molar-refractivity contribution is 7.23. The van der Waals surface area contributed by atoms with Gasteiger partial charge in [-0.25, -0.2) is 0 Å². The lowest BCUT2D eigenvalue weighted by Gasteiger charge is -1.81. The predicted octanol–water partition coefficient (Wildman–Crippen LogP) is 4.23. The molecule has 0 amide bonds. The quantitative estimate of drug-likeness (QED) is 0.649. The van der Waals surface area contributed by atoms with Gasteiger partial charge in [0, 0.05) is 0 Å². The molecule has 3 rings (SSSR count). The van der Waals surface area contributed by atoms with Gasteiger partial charge >= 0.3 is 0 Å². The molecule has 0 bridgehead atoms. The molecule has 3 heterocycles.